The monoisotopic (exact) mass is 508 g/mol. The maximum atomic E-state index is 6.46. The molecule has 0 N–H and O–H groups in total. The van der Waals surface area contributed by atoms with Crippen molar-refractivity contribution >= 4 is 12.6 Å². The highest BCUT2D eigenvalue weighted by atomic mass is 16.7. The molecule has 39 heavy (non-hydrogen) atoms. The van der Waals surface area contributed by atoms with Crippen molar-refractivity contribution < 1.29 is 9.31 Å². The minimum Gasteiger partial charge on any atom is -0.399 e. The van der Waals surface area contributed by atoms with E-state index in [4.69, 9.17) is 9.31 Å². The standard InChI is InChI=1S/C36H33BO2/c1-35(2)36(3,4)39-37(38-35)34-24-32(30-19-15-28(16-20-30)26-11-7-5-8-12-26)23-33(25-34)31-21-17-29(18-22-31)27-13-9-6-10-14-27/h5-25H,1-4H3. The quantitative estimate of drug-likeness (QED) is 0.221. The summed E-state index contributed by atoms with van der Waals surface area (Å²) in [5.74, 6) is 0. The normalized spacial score (nSPS) is 15.8. The third kappa shape index (κ3) is 5.08. The Morgan fingerprint density at radius 3 is 1.05 bits per heavy atom. The molecular formula is C36H33BO2. The summed E-state index contributed by atoms with van der Waals surface area (Å²) < 4.78 is 12.9. The van der Waals surface area contributed by atoms with Crippen molar-refractivity contribution in [2.24, 2.45) is 0 Å². The van der Waals surface area contributed by atoms with Crippen LogP contribution in [0, 0.1) is 0 Å². The molecule has 1 heterocycles. The Morgan fingerprint density at radius 2 is 0.692 bits per heavy atom. The van der Waals surface area contributed by atoms with Gasteiger partial charge in [0.1, 0.15) is 0 Å². The van der Waals surface area contributed by atoms with Crippen LogP contribution in [0.4, 0.5) is 0 Å². The first-order valence-corrected chi connectivity index (χ1v) is 13.6. The molecule has 0 atom stereocenters. The second-order valence-corrected chi connectivity index (χ2v) is 11.3. The van der Waals surface area contributed by atoms with E-state index in [1.54, 1.807) is 0 Å². The van der Waals surface area contributed by atoms with Gasteiger partial charge in [0.15, 0.2) is 0 Å². The van der Waals surface area contributed by atoms with Crippen molar-refractivity contribution in [3.8, 4) is 44.5 Å². The predicted molar refractivity (Wildman–Crippen MR) is 164 cm³/mol. The van der Waals surface area contributed by atoms with Gasteiger partial charge in [-0.25, -0.2) is 0 Å². The summed E-state index contributed by atoms with van der Waals surface area (Å²) >= 11 is 0. The van der Waals surface area contributed by atoms with Gasteiger partial charge >= 0.3 is 7.12 Å². The van der Waals surface area contributed by atoms with E-state index in [0.717, 1.165) is 27.7 Å². The fourth-order valence-corrected chi connectivity index (χ4v) is 5.07. The van der Waals surface area contributed by atoms with Gasteiger partial charge in [0, 0.05) is 0 Å². The molecule has 3 heteroatoms. The SMILES string of the molecule is CC1(C)OB(c2cc(-c3ccc(-c4ccccc4)cc3)cc(-c3ccc(-c4ccccc4)cc3)c2)OC1(C)C. The molecule has 0 spiro atoms. The second-order valence-electron chi connectivity index (χ2n) is 11.3. The van der Waals surface area contributed by atoms with E-state index in [0.29, 0.717) is 0 Å². The third-order valence-electron chi connectivity index (χ3n) is 8.13. The highest BCUT2D eigenvalue weighted by Gasteiger charge is 2.51. The van der Waals surface area contributed by atoms with E-state index < -0.39 is 18.3 Å². The van der Waals surface area contributed by atoms with Crippen molar-refractivity contribution in [3.63, 3.8) is 0 Å². The lowest BCUT2D eigenvalue weighted by atomic mass is 9.76. The summed E-state index contributed by atoms with van der Waals surface area (Å²) in [4.78, 5) is 0. The van der Waals surface area contributed by atoms with Crippen LogP contribution in [0.2, 0.25) is 0 Å². The molecular weight excluding hydrogens is 475 g/mol. The summed E-state index contributed by atoms with van der Waals surface area (Å²) in [6.45, 7) is 8.40. The zero-order valence-corrected chi connectivity index (χ0v) is 23.0. The molecule has 5 aromatic rings. The van der Waals surface area contributed by atoms with Gasteiger partial charge in [-0.05, 0) is 83.7 Å². The van der Waals surface area contributed by atoms with Gasteiger partial charge in [-0.3, -0.25) is 0 Å². The van der Waals surface area contributed by atoms with Crippen LogP contribution in [-0.2, 0) is 9.31 Å². The molecule has 1 aliphatic heterocycles. The van der Waals surface area contributed by atoms with Crippen molar-refractivity contribution in [2.45, 2.75) is 38.9 Å². The van der Waals surface area contributed by atoms with Crippen LogP contribution in [0.3, 0.4) is 0 Å². The molecule has 0 unspecified atom stereocenters. The van der Waals surface area contributed by atoms with Gasteiger partial charge in [-0.2, -0.15) is 0 Å². The van der Waals surface area contributed by atoms with Crippen LogP contribution >= 0.6 is 0 Å². The Kier molecular flexibility index (Phi) is 6.50. The summed E-state index contributed by atoms with van der Waals surface area (Å²) in [7, 11) is -0.430. The molecule has 2 nitrogen and oxygen atoms in total. The Morgan fingerprint density at radius 1 is 0.385 bits per heavy atom. The van der Waals surface area contributed by atoms with Crippen molar-refractivity contribution in [1.29, 1.82) is 0 Å². The summed E-state index contributed by atoms with van der Waals surface area (Å²) in [6.07, 6.45) is 0. The number of benzene rings is 5. The highest BCUT2D eigenvalue weighted by Crippen LogP contribution is 2.37. The maximum Gasteiger partial charge on any atom is 0.494 e. The molecule has 1 aliphatic rings. The summed E-state index contributed by atoms with van der Waals surface area (Å²) in [5.41, 5.74) is 9.68. The topological polar surface area (TPSA) is 18.5 Å². The Balaban J connectivity index is 1.40. The number of hydrogen-bond acceptors (Lipinski definition) is 2. The van der Waals surface area contributed by atoms with Gasteiger partial charge in [0.2, 0.25) is 0 Å². The largest absolute Gasteiger partial charge is 0.494 e. The average Bonchev–Trinajstić information content (AvgIpc) is 3.20. The van der Waals surface area contributed by atoms with E-state index >= 15 is 0 Å². The molecule has 0 bridgehead atoms. The molecule has 0 radical (unpaired) electrons. The summed E-state index contributed by atoms with van der Waals surface area (Å²) in [6, 6.07) is 45.3. The lowest BCUT2D eigenvalue weighted by Crippen LogP contribution is -2.41. The van der Waals surface area contributed by atoms with Gasteiger partial charge in [0.05, 0.1) is 11.2 Å². The van der Waals surface area contributed by atoms with Crippen molar-refractivity contribution in [3.05, 3.63) is 127 Å². The maximum absolute atomic E-state index is 6.46. The molecule has 0 amide bonds. The third-order valence-corrected chi connectivity index (χ3v) is 8.13. The molecule has 1 saturated heterocycles. The van der Waals surface area contributed by atoms with E-state index in [-0.39, 0.29) is 0 Å². The van der Waals surface area contributed by atoms with Gasteiger partial charge in [0.25, 0.3) is 0 Å². The Labute approximate surface area is 232 Å². The highest BCUT2D eigenvalue weighted by molar-refractivity contribution is 6.62. The molecule has 192 valence electrons. The predicted octanol–water partition coefficient (Wildman–Crippen LogP) is 8.65. The summed E-state index contributed by atoms with van der Waals surface area (Å²) in [5, 5.41) is 0. The minimum atomic E-state index is -0.430. The lowest BCUT2D eigenvalue weighted by molar-refractivity contribution is 0.00578. The average molecular weight is 508 g/mol. The zero-order valence-electron chi connectivity index (χ0n) is 23.0. The Hall–Kier alpha value is -3.92. The minimum absolute atomic E-state index is 0.400. The first-order chi connectivity index (χ1) is 18.8. The molecule has 0 saturated carbocycles. The van der Waals surface area contributed by atoms with Crippen LogP contribution in [0.25, 0.3) is 44.5 Å². The van der Waals surface area contributed by atoms with E-state index in [1.165, 1.54) is 22.3 Å². The second kappa shape index (κ2) is 10.00. The van der Waals surface area contributed by atoms with Crippen LogP contribution in [0.15, 0.2) is 127 Å². The smallest absolute Gasteiger partial charge is 0.399 e. The van der Waals surface area contributed by atoms with Crippen molar-refractivity contribution in [2.75, 3.05) is 0 Å². The first kappa shape index (κ1) is 25.4. The van der Waals surface area contributed by atoms with Crippen LogP contribution in [0.1, 0.15) is 27.7 Å². The van der Waals surface area contributed by atoms with Crippen LogP contribution < -0.4 is 5.46 Å². The molecule has 6 rings (SSSR count). The van der Waals surface area contributed by atoms with Crippen molar-refractivity contribution in [1.82, 2.24) is 0 Å². The Bertz CT molecular complexity index is 1450. The fraction of sp³-hybridized carbons (Fsp3) is 0.167. The van der Waals surface area contributed by atoms with Crippen LogP contribution in [0.5, 0.6) is 0 Å². The number of hydrogen-bond donors (Lipinski definition) is 0. The van der Waals surface area contributed by atoms with E-state index in [2.05, 4.69) is 143 Å². The molecule has 1 fully saturated rings. The molecule has 0 aromatic heterocycles. The van der Waals surface area contributed by atoms with E-state index in [9.17, 15) is 0 Å². The van der Waals surface area contributed by atoms with Gasteiger partial charge in [-0.15, -0.1) is 0 Å². The molecule has 0 aliphatic carbocycles. The molecule has 5 aromatic carbocycles. The zero-order chi connectivity index (χ0) is 27.0. The first-order valence-electron chi connectivity index (χ1n) is 13.6. The van der Waals surface area contributed by atoms with Gasteiger partial charge < -0.3 is 9.31 Å². The fourth-order valence-electron chi connectivity index (χ4n) is 5.07. The van der Waals surface area contributed by atoms with Gasteiger partial charge in [-0.1, -0.05) is 121 Å². The van der Waals surface area contributed by atoms with E-state index in [1.807, 2.05) is 12.1 Å². The number of rotatable bonds is 5. The lowest BCUT2D eigenvalue weighted by Gasteiger charge is -2.32. The van der Waals surface area contributed by atoms with Crippen LogP contribution in [-0.4, -0.2) is 18.3 Å².